The van der Waals surface area contributed by atoms with Gasteiger partial charge in [0.1, 0.15) is 18.4 Å². The number of nitrogens with zero attached hydrogens (tertiary/aromatic N) is 5. The molecule has 2 aromatic rings. The van der Waals surface area contributed by atoms with Crippen LogP contribution >= 0.6 is 0 Å². The van der Waals surface area contributed by atoms with Crippen LogP contribution in [-0.2, 0) is 0 Å². The summed E-state index contributed by atoms with van der Waals surface area (Å²) < 4.78 is 7.14. The molecule has 0 saturated carbocycles. The van der Waals surface area contributed by atoms with Crippen LogP contribution in [0.4, 0.5) is 5.69 Å². The van der Waals surface area contributed by atoms with E-state index in [0.29, 0.717) is 5.92 Å². The van der Waals surface area contributed by atoms with E-state index in [0.717, 1.165) is 17.7 Å². The summed E-state index contributed by atoms with van der Waals surface area (Å²) in [5, 5.41) is 11.8. The van der Waals surface area contributed by atoms with Crippen LogP contribution in [0.1, 0.15) is 44.2 Å². The largest absolute Gasteiger partial charge is 0.496 e. The normalized spacial score (nSPS) is 19.9. The smallest absolute Gasteiger partial charge is 0.141 e. The number of hydrogen-bond acceptors (Lipinski definition) is 5. The van der Waals surface area contributed by atoms with Gasteiger partial charge < -0.3 is 9.64 Å². The highest BCUT2D eigenvalue weighted by molar-refractivity contribution is 5.86. The Balaban J connectivity index is 2.05. The second-order valence-electron chi connectivity index (χ2n) is 6.72. The minimum Gasteiger partial charge on any atom is -0.496 e. The van der Waals surface area contributed by atoms with Crippen molar-refractivity contribution in [3.05, 3.63) is 35.9 Å². The number of anilines is 1. The van der Waals surface area contributed by atoms with Gasteiger partial charge in [0.25, 0.3) is 0 Å². The van der Waals surface area contributed by atoms with Crippen LogP contribution in [0.25, 0.3) is 0 Å². The molecule has 0 N–H and O–H groups in total. The first-order valence-electron chi connectivity index (χ1n) is 7.77. The summed E-state index contributed by atoms with van der Waals surface area (Å²) in [6, 6.07) is 4.29. The number of ether oxygens (including phenoxy) is 1. The number of rotatable bonds is 3. The highest BCUT2D eigenvalue weighted by Gasteiger charge is 2.34. The minimum absolute atomic E-state index is 0.134. The predicted octanol–water partition coefficient (Wildman–Crippen LogP) is 2.89. The van der Waals surface area contributed by atoms with Crippen molar-refractivity contribution in [3.63, 3.8) is 0 Å². The van der Waals surface area contributed by atoms with Crippen molar-refractivity contribution in [1.29, 1.82) is 0 Å². The second kappa shape index (κ2) is 5.68. The summed E-state index contributed by atoms with van der Waals surface area (Å²) in [4.78, 5) is 2.34. The molecule has 1 atom stereocenters. The molecular formula is C17H23N5O. The lowest BCUT2D eigenvalue weighted by atomic mass is 9.80. The molecule has 3 rings (SSSR count). The lowest BCUT2D eigenvalue weighted by Gasteiger charge is -2.45. The highest BCUT2D eigenvalue weighted by Crippen LogP contribution is 2.44. The van der Waals surface area contributed by atoms with E-state index in [1.807, 2.05) is 0 Å². The Hall–Kier alpha value is -2.37. The standard InChI is InChI=1S/C17H23N5O/c1-12-8-17(2,3)21(4)15-7-16(23-5)13(6-14(12)15)9-20-22-10-18-19-11-22/h6-7,9-12H,8H2,1-5H3/b20-9-. The van der Waals surface area contributed by atoms with Gasteiger partial charge in [-0.2, -0.15) is 5.10 Å². The molecule has 2 heterocycles. The van der Waals surface area contributed by atoms with Crippen LogP contribution in [0.2, 0.25) is 0 Å². The molecule has 6 nitrogen and oxygen atoms in total. The van der Waals surface area contributed by atoms with Gasteiger partial charge in [-0.05, 0) is 37.8 Å². The first-order valence-corrected chi connectivity index (χ1v) is 7.77. The maximum Gasteiger partial charge on any atom is 0.141 e. The zero-order valence-electron chi connectivity index (χ0n) is 14.3. The molecule has 1 unspecified atom stereocenters. The fraction of sp³-hybridized carbons (Fsp3) is 0.471. The number of fused-ring (bicyclic) bond motifs is 1. The van der Waals surface area contributed by atoms with Crippen molar-refractivity contribution < 1.29 is 4.74 Å². The summed E-state index contributed by atoms with van der Waals surface area (Å²) in [7, 11) is 3.84. The molecule has 0 amide bonds. The quantitative estimate of drug-likeness (QED) is 0.818. The highest BCUT2D eigenvalue weighted by atomic mass is 16.5. The van der Waals surface area contributed by atoms with Crippen LogP contribution in [0, 0.1) is 0 Å². The van der Waals surface area contributed by atoms with Crippen LogP contribution in [0.15, 0.2) is 29.9 Å². The van der Waals surface area contributed by atoms with Crippen molar-refractivity contribution in [1.82, 2.24) is 14.9 Å². The Bertz CT molecular complexity index is 721. The van der Waals surface area contributed by atoms with Crippen molar-refractivity contribution in [2.45, 2.75) is 38.6 Å². The zero-order valence-corrected chi connectivity index (χ0v) is 14.3. The third-order valence-corrected chi connectivity index (χ3v) is 4.72. The monoisotopic (exact) mass is 313 g/mol. The molecule has 1 aliphatic heterocycles. The number of benzene rings is 1. The first kappa shape index (κ1) is 15.5. The van der Waals surface area contributed by atoms with Gasteiger partial charge in [0.2, 0.25) is 0 Å². The third-order valence-electron chi connectivity index (χ3n) is 4.72. The lowest BCUT2D eigenvalue weighted by molar-refractivity contribution is 0.389. The summed E-state index contributed by atoms with van der Waals surface area (Å²) in [5.41, 5.74) is 3.65. The van der Waals surface area contributed by atoms with Crippen molar-refractivity contribution in [2.75, 3.05) is 19.1 Å². The number of aromatic nitrogens is 3. The predicted molar refractivity (Wildman–Crippen MR) is 91.5 cm³/mol. The fourth-order valence-electron chi connectivity index (χ4n) is 3.27. The Morgan fingerprint density at radius 2 is 2.00 bits per heavy atom. The average Bonchev–Trinajstić information content (AvgIpc) is 3.03. The van der Waals surface area contributed by atoms with Gasteiger partial charge in [-0.25, -0.2) is 4.68 Å². The number of methoxy groups -OCH3 is 1. The maximum absolute atomic E-state index is 5.57. The van der Waals surface area contributed by atoms with Gasteiger partial charge in [-0.1, -0.05) is 6.92 Å². The third kappa shape index (κ3) is 2.81. The Morgan fingerprint density at radius 1 is 1.30 bits per heavy atom. The molecule has 23 heavy (non-hydrogen) atoms. The Kier molecular flexibility index (Phi) is 3.83. The minimum atomic E-state index is 0.134. The van der Waals surface area contributed by atoms with E-state index in [9.17, 15) is 0 Å². The molecule has 0 fully saturated rings. The topological polar surface area (TPSA) is 55.5 Å². The molecule has 1 aromatic heterocycles. The molecule has 0 radical (unpaired) electrons. The molecule has 0 spiro atoms. The van der Waals surface area contributed by atoms with Crippen molar-refractivity contribution >= 4 is 11.9 Å². The SMILES string of the molecule is COc1cc2c(cc1/C=N\n1cnnc1)C(C)CC(C)(C)N2C. The van der Waals surface area contributed by atoms with E-state index in [2.05, 4.69) is 60.2 Å². The van der Waals surface area contributed by atoms with Crippen LogP contribution in [-0.4, -0.2) is 40.8 Å². The first-order chi connectivity index (χ1) is 10.9. The van der Waals surface area contributed by atoms with Crippen molar-refractivity contribution in [3.8, 4) is 5.75 Å². The summed E-state index contributed by atoms with van der Waals surface area (Å²) >= 11 is 0. The second-order valence-corrected chi connectivity index (χ2v) is 6.72. The van der Waals surface area contributed by atoms with E-state index in [-0.39, 0.29) is 5.54 Å². The van der Waals surface area contributed by atoms with Gasteiger partial charge in [-0.3, -0.25) is 0 Å². The van der Waals surface area contributed by atoms with Crippen molar-refractivity contribution in [2.24, 2.45) is 5.10 Å². The average molecular weight is 313 g/mol. The molecule has 0 aliphatic carbocycles. The number of hydrogen-bond donors (Lipinski definition) is 0. The molecule has 122 valence electrons. The maximum atomic E-state index is 5.57. The molecule has 0 saturated heterocycles. The van der Waals surface area contributed by atoms with Crippen LogP contribution < -0.4 is 9.64 Å². The van der Waals surface area contributed by atoms with E-state index in [4.69, 9.17) is 4.74 Å². The van der Waals surface area contributed by atoms with E-state index < -0.39 is 0 Å². The molecule has 6 heteroatoms. The van der Waals surface area contributed by atoms with Gasteiger partial charge in [-0.15, -0.1) is 10.2 Å². The van der Waals surface area contributed by atoms with Gasteiger partial charge >= 0.3 is 0 Å². The van der Waals surface area contributed by atoms with Crippen LogP contribution in [0.5, 0.6) is 5.75 Å². The zero-order chi connectivity index (χ0) is 16.6. The molecule has 1 aliphatic rings. The molecule has 0 bridgehead atoms. The summed E-state index contributed by atoms with van der Waals surface area (Å²) in [6.07, 6.45) is 6.01. The molecular weight excluding hydrogens is 290 g/mol. The summed E-state index contributed by atoms with van der Waals surface area (Å²) in [5.74, 6) is 1.31. The van der Waals surface area contributed by atoms with E-state index >= 15 is 0 Å². The Morgan fingerprint density at radius 3 is 2.65 bits per heavy atom. The van der Waals surface area contributed by atoms with Crippen LogP contribution in [0.3, 0.4) is 0 Å². The van der Waals surface area contributed by atoms with E-state index in [1.54, 1.807) is 30.7 Å². The molecule has 1 aromatic carbocycles. The fourth-order valence-corrected chi connectivity index (χ4v) is 3.27. The van der Waals surface area contributed by atoms with Gasteiger partial charge in [0.05, 0.1) is 13.3 Å². The Labute approximate surface area is 136 Å². The van der Waals surface area contributed by atoms with E-state index in [1.165, 1.54) is 11.3 Å². The van der Waals surface area contributed by atoms with Gasteiger partial charge in [0.15, 0.2) is 0 Å². The lowest BCUT2D eigenvalue weighted by Crippen LogP contribution is -2.45. The van der Waals surface area contributed by atoms with Gasteiger partial charge in [0, 0.05) is 29.9 Å². The summed E-state index contributed by atoms with van der Waals surface area (Å²) in [6.45, 7) is 6.83.